The average molecular weight is 164 g/mol. The second-order valence-corrected chi connectivity index (χ2v) is 6.01. The summed E-state index contributed by atoms with van der Waals surface area (Å²) in [7, 11) is 1.37. The topological polar surface area (TPSA) is 0 Å². The van der Waals surface area contributed by atoms with Crippen LogP contribution in [-0.4, -0.2) is 10.2 Å². The molecule has 0 amide bonds. The fourth-order valence-corrected chi connectivity index (χ4v) is 3.45. The molecule has 0 aliphatic heterocycles. The van der Waals surface area contributed by atoms with Crippen molar-refractivity contribution < 1.29 is 0 Å². The van der Waals surface area contributed by atoms with E-state index in [1.807, 2.05) is 0 Å². The second-order valence-electron chi connectivity index (χ2n) is 4.09. The molecule has 0 bridgehead atoms. The first-order valence-electron chi connectivity index (χ1n) is 4.67. The van der Waals surface area contributed by atoms with Crippen molar-refractivity contribution in [3.05, 3.63) is 23.8 Å². The van der Waals surface area contributed by atoms with Crippen LogP contribution in [0.15, 0.2) is 23.8 Å². The Morgan fingerprint density at radius 1 is 1.27 bits per heavy atom. The van der Waals surface area contributed by atoms with E-state index in [2.05, 4.69) is 18.2 Å². The summed E-state index contributed by atoms with van der Waals surface area (Å²) in [6.07, 6.45) is 14.0. The molecule has 2 aliphatic rings. The van der Waals surface area contributed by atoms with Gasteiger partial charge in [-0.3, -0.25) is 0 Å². The molecule has 0 N–H and O–H groups in total. The zero-order valence-corrected chi connectivity index (χ0v) is 9.27. The summed E-state index contributed by atoms with van der Waals surface area (Å²) in [6, 6.07) is 0. The Hall–Kier alpha value is -0.303. The van der Waals surface area contributed by atoms with Gasteiger partial charge in [0.05, 0.1) is 0 Å². The van der Waals surface area contributed by atoms with Gasteiger partial charge in [0.15, 0.2) is 0 Å². The number of allylic oxidation sites excluding steroid dienone is 4. The molecule has 60 valence electrons. The first-order valence-corrected chi connectivity index (χ1v) is 5.67. The van der Waals surface area contributed by atoms with Crippen LogP contribution in [0.4, 0.5) is 0 Å². The molecule has 11 heavy (non-hydrogen) atoms. The third-order valence-electron chi connectivity index (χ3n) is 3.25. The second kappa shape index (κ2) is 2.63. The normalized spacial score (nSPS) is 27.8. The van der Waals surface area contributed by atoms with Gasteiger partial charge in [-0.05, 0) is 24.3 Å². The summed E-state index contributed by atoms with van der Waals surface area (Å²) in [6.45, 7) is 0. The van der Waals surface area contributed by atoms with Gasteiger partial charge in [-0.2, -0.15) is 0 Å². The minimum Gasteiger partial charge on any atom is -0.0805 e. The van der Waals surface area contributed by atoms with Crippen LogP contribution in [0.5, 0.6) is 0 Å². The summed E-state index contributed by atoms with van der Waals surface area (Å²) < 4.78 is 0. The molecule has 1 fully saturated rings. The zero-order valence-electron chi connectivity index (χ0n) is 7.27. The molecule has 2 rings (SSSR count). The molecule has 2 aliphatic carbocycles. The quantitative estimate of drug-likeness (QED) is 0.520. The number of rotatable bonds is 1. The van der Waals surface area contributed by atoms with E-state index in [9.17, 15) is 0 Å². The third-order valence-corrected chi connectivity index (χ3v) is 4.90. The summed E-state index contributed by atoms with van der Waals surface area (Å²) in [5, 5.41) is 0.712. The predicted octanol–water partition coefficient (Wildman–Crippen LogP) is 1.97. The van der Waals surface area contributed by atoms with Crippen molar-refractivity contribution in [3.8, 4) is 0 Å². The van der Waals surface area contributed by atoms with Gasteiger partial charge in [0, 0.05) is 10.2 Å². The molecule has 0 spiro atoms. The van der Waals surface area contributed by atoms with E-state index >= 15 is 0 Å². The molecule has 0 aromatic rings. The van der Waals surface area contributed by atoms with Gasteiger partial charge in [-0.1, -0.05) is 36.6 Å². The highest BCUT2D eigenvalue weighted by atomic mass is 28.1. The van der Waals surface area contributed by atoms with Crippen molar-refractivity contribution in [2.75, 3.05) is 0 Å². The van der Waals surface area contributed by atoms with Gasteiger partial charge < -0.3 is 0 Å². The summed E-state index contributed by atoms with van der Waals surface area (Å²) in [5.74, 6) is 0. The smallest absolute Gasteiger partial charge is 0.0158 e. The van der Waals surface area contributed by atoms with Gasteiger partial charge >= 0.3 is 0 Å². The van der Waals surface area contributed by atoms with Gasteiger partial charge in [0.1, 0.15) is 0 Å². The molecule has 0 nitrogen and oxygen atoms in total. The van der Waals surface area contributed by atoms with Crippen LogP contribution in [-0.2, 0) is 0 Å². The van der Waals surface area contributed by atoms with E-state index in [4.69, 9.17) is 0 Å². The Labute approximate surface area is 71.8 Å². The maximum Gasteiger partial charge on any atom is 0.0158 e. The summed E-state index contributed by atoms with van der Waals surface area (Å²) in [5.41, 5.74) is 1.74. The molecule has 1 saturated carbocycles. The molecule has 0 atom stereocenters. The minimum absolute atomic E-state index is 0.712. The highest BCUT2D eigenvalue weighted by Crippen LogP contribution is 2.50. The number of hydrogen-bond acceptors (Lipinski definition) is 0. The fraction of sp³-hybridized carbons (Fsp3) is 0.600. The third kappa shape index (κ3) is 1.22. The Balaban J connectivity index is 2.13. The van der Waals surface area contributed by atoms with Crippen LogP contribution in [0.25, 0.3) is 0 Å². The lowest BCUT2D eigenvalue weighted by molar-refractivity contribution is 0.660. The highest BCUT2D eigenvalue weighted by molar-refractivity contribution is 6.17. The first-order chi connectivity index (χ1) is 5.31. The molecule has 0 radical (unpaired) electrons. The summed E-state index contributed by atoms with van der Waals surface area (Å²) in [4.78, 5) is 0. The Morgan fingerprint density at radius 3 is 2.55 bits per heavy atom. The summed E-state index contributed by atoms with van der Waals surface area (Å²) >= 11 is 0. The molecular formula is C10H16Si. The van der Waals surface area contributed by atoms with E-state index in [1.54, 1.807) is 5.57 Å². The van der Waals surface area contributed by atoms with Crippen molar-refractivity contribution in [1.82, 2.24) is 0 Å². The van der Waals surface area contributed by atoms with Gasteiger partial charge in [0.2, 0.25) is 0 Å². The predicted molar refractivity (Wildman–Crippen MR) is 52.9 cm³/mol. The van der Waals surface area contributed by atoms with Gasteiger partial charge in [0.25, 0.3) is 0 Å². The van der Waals surface area contributed by atoms with Crippen molar-refractivity contribution >= 4 is 10.2 Å². The number of hydrogen-bond donors (Lipinski definition) is 0. The van der Waals surface area contributed by atoms with Gasteiger partial charge in [-0.25, -0.2) is 0 Å². The van der Waals surface area contributed by atoms with E-state index in [0.717, 1.165) is 0 Å². The first kappa shape index (κ1) is 7.35. The van der Waals surface area contributed by atoms with Crippen LogP contribution in [0.1, 0.15) is 32.1 Å². The van der Waals surface area contributed by atoms with Crippen molar-refractivity contribution in [3.63, 3.8) is 0 Å². The highest BCUT2D eigenvalue weighted by Gasteiger charge is 2.31. The SMILES string of the molecule is [SiH3]C1(C2=CC=CC2)CCCC1. The zero-order chi connectivity index (χ0) is 7.73. The van der Waals surface area contributed by atoms with Crippen LogP contribution in [0.2, 0.25) is 5.04 Å². The van der Waals surface area contributed by atoms with Crippen LogP contribution in [0, 0.1) is 0 Å². The lowest BCUT2D eigenvalue weighted by atomic mass is 9.95. The van der Waals surface area contributed by atoms with E-state index in [0.29, 0.717) is 5.04 Å². The lowest BCUT2D eigenvalue weighted by Gasteiger charge is -2.25. The van der Waals surface area contributed by atoms with Crippen molar-refractivity contribution in [2.24, 2.45) is 0 Å². The van der Waals surface area contributed by atoms with E-state index < -0.39 is 0 Å². The average Bonchev–Trinajstić information content (AvgIpc) is 2.55. The lowest BCUT2D eigenvalue weighted by Crippen LogP contribution is -2.09. The molecule has 0 aromatic heterocycles. The van der Waals surface area contributed by atoms with E-state index in [1.165, 1.54) is 42.3 Å². The fourth-order valence-electron chi connectivity index (χ4n) is 2.37. The molecular weight excluding hydrogens is 148 g/mol. The van der Waals surface area contributed by atoms with E-state index in [-0.39, 0.29) is 0 Å². The maximum atomic E-state index is 2.36. The largest absolute Gasteiger partial charge is 0.0805 e. The molecule has 1 heteroatoms. The van der Waals surface area contributed by atoms with Gasteiger partial charge in [-0.15, -0.1) is 0 Å². The molecule has 0 heterocycles. The Bertz CT molecular complexity index is 207. The maximum absolute atomic E-state index is 2.36. The minimum atomic E-state index is 0.712. The van der Waals surface area contributed by atoms with Crippen LogP contribution < -0.4 is 0 Å². The molecule has 0 aromatic carbocycles. The van der Waals surface area contributed by atoms with Crippen LogP contribution >= 0.6 is 0 Å². The molecule has 0 saturated heterocycles. The Morgan fingerprint density at radius 2 is 2.00 bits per heavy atom. The Kier molecular flexibility index (Phi) is 1.76. The monoisotopic (exact) mass is 164 g/mol. The van der Waals surface area contributed by atoms with Crippen molar-refractivity contribution in [1.29, 1.82) is 0 Å². The molecule has 0 unspecified atom stereocenters. The van der Waals surface area contributed by atoms with Crippen molar-refractivity contribution in [2.45, 2.75) is 37.1 Å². The standard InChI is InChI=1S/C10H16Si/c11-10(7-3-4-8-10)9-5-1-2-6-9/h1-2,5H,3-4,6-8H2,11H3. The van der Waals surface area contributed by atoms with Crippen LogP contribution in [0.3, 0.4) is 0 Å².